The molecule has 0 spiro atoms. The molecular weight excluding hydrogens is 444 g/mol. The minimum atomic E-state index is -2.32. The number of aliphatic imine (C=N–C) groups is 1. The number of imidazole rings is 1. The van der Waals surface area contributed by atoms with Crippen LogP contribution in [0.1, 0.15) is 72.4 Å². The van der Waals surface area contributed by atoms with Gasteiger partial charge in [0, 0.05) is 6.42 Å². The zero-order valence-corrected chi connectivity index (χ0v) is 22.0. The highest BCUT2D eigenvalue weighted by Gasteiger charge is 2.42. The van der Waals surface area contributed by atoms with Crippen molar-refractivity contribution < 1.29 is 28.9 Å². The van der Waals surface area contributed by atoms with Crippen LogP contribution in [0, 0.1) is 0 Å². The number of aliphatic hydroxyl groups excluding tert-OH is 2. The third-order valence-corrected chi connectivity index (χ3v) is 10.5. The van der Waals surface area contributed by atoms with E-state index >= 15 is 0 Å². The first-order chi connectivity index (χ1) is 15.1. The molecular formula is C22H40N4O6Si. The Morgan fingerprint density at radius 2 is 2.03 bits per heavy atom. The lowest BCUT2D eigenvalue weighted by molar-refractivity contribution is -0.157. The van der Waals surface area contributed by atoms with Gasteiger partial charge in [0.2, 0.25) is 0 Å². The quantitative estimate of drug-likeness (QED) is 0.221. The summed E-state index contributed by atoms with van der Waals surface area (Å²) < 4.78 is 19.6. The van der Waals surface area contributed by atoms with Crippen molar-refractivity contribution >= 4 is 26.4 Å². The molecule has 0 amide bonds. The van der Waals surface area contributed by atoms with Crippen LogP contribution in [-0.4, -0.2) is 64.8 Å². The summed E-state index contributed by atoms with van der Waals surface area (Å²) in [5.74, 6) is -0.0307. The molecule has 11 heteroatoms. The maximum atomic E-state index is 12.8. The van der Waals surface area contributed by atoms with Gasteiger partial charge in [-0.3, -0.25) is 9.36 Å². The van der Waals surface area contributed by atoms with E-state index in [2.05, 4.69) is 43.8 Å². The number of aliphatic hydroxyl groups is 2. The zero-order valence-electron chi connectivity index (χ0n) is 21.0. The van der Waals surface area contributed by atoms with E-state index in [0.717, 1.165) is 6.34 Å². The first kappa shape index (κ1) is 27.5. The SMILES string of the molecule is CC(C)(C)OC(=O)C[C@@H](O[Si](C)(C)C(C)(C)C)c1ncn([C@H]2C[C@H](O)[C@@H](CO)O2)c1N=CN. The number of rotatable bonds is 8. The van der Waals surface area contributed by atoms with Crippen LogP contribution in [0.25, 0.3) is 0 Å². The Labute approximate surface area is 197 Å². The second-order valence-corrected chi connectivity index (χ2v) is 15.7. The van der Waals surface area contributed by atoms with E-state index in [0.29, 0.717) is 11.5 Å². The molecule has 4 N–H and O–H groups in total. The molecule has 2 heterocycles. The molecule has 4 atom stereocenters. The molecule has 10 nitrogen and oxygen atoms in total. The maximum absolute atomic E-state index is 12.8. The van der Waals surface area contributed by atoms with Crippen molar-refractivity contribution in [2.75, 3.05) is 6.61 Å². The van der Waals surface area contributed by atoms with Gasteiger partial charge < -0.3 is 29.8 Å². The Morgan fingerprint density at radius 3 is 2.52 bits per heavy atom. The number of carbonyl (C=O) groups is 1. The van der Waals surface area contributed by atoms with Crippen LogP contribution in [-0.2, 0) is 18.7 Å². The molecule has 1 aliphatic heterocycles. The molecule has 1 aliphatic rings. The summed E-state index contributed by atoms with van der Waals surface area (Å²) >= 11 is 0. The highest BCUT2D eigenvalue weighted by Crippen LogP contribution is 2.43. The fourth-order valence-electron chi connectivity index (χ4n) is 3.32. The smallest absolute Gasteiger partial charge is 0.309 e. The largest absolute Gasteiger partial charge is 0.460 e. The van der Waals surface area contributed by atoms with Gasteiger partial charge in [0.05, 0.1) is 31.8 Å². The van der Waals surface area contributed by atoms with Gasteiger partial charge in [-0.05, 0) is 38.9 Å². The van der Waals surface area contributed by atoms with Gasteiger partial charge >= 0.3 is 5.97 Å². The molecule has 0 aromatic carbocycles. The Balaban J connectivity index is 2.47. The zero-order chi connectivity index (χ0) is 25.2. The second-order valence-electron chi connectivity index (χ2n) is 10.9. The van der Waals surface area contributed by atoms with Gasteiger partial charge in [-0.2, -0.15) is 0 Å². The minimum Gasteiger partial charge on any atom is -0.460 e. The number of esters is 1. The molecule has 1 saturated heterocycles. The van der Waals surface area contributed by atoms with Crippen molar-refractivity contribution in [2.45, 2.75) is 103 Å². The number of nitrogens with zero attached hydrogens (tertiary/aromatic N) is 3. The third-order valence-electron chi connectivity index (χ3n) is 6.01. The van der Waals surface area contributed by atoms with Crippen LogP contribution in [0.5, 0.6) is 0 Å². The van der Waals surface area contributed by atoms with Gasteiger partial charge in [0.1, 0.15) is 29.7 Å². The van der Waals surface area contributed by atoms with E-state index in [9.17, 15) is 15.0 Å². The summed E-state index contributed by atoms with van der Waals surface area (Å²) in [5.41, 5.74) is 5.44. The van der Waals surface area contributed by atoms with Crippen molar-refractivity contribution in [1.29, 1.82) is 0 Å². The monoisotopic (exact) mass is 484 g/mol. The number of hydrogen-bond donors (Lipinski definition) is 3. The van der Waals surface area contributed by atoms with Gasteiger partial charge in [0.15, 0.2) is 14.1 Å². The fourth-order valence-corrected chi connectivity index (χ4v) is 4.58. The van der Waals surface area contributed by atoms with Crippen LogP contribution in [0.4, 0.5) is 5.82 Å². The molecule has 1 fully saturated rings. The fraction of sp³-hybridized carbons (Fsp3) is 0.773. The van der Waals surface area contributed by atoms with Crippen LogP contribution in [0.2, 0.25) is 18.1 Å². The molecule has 2 rings (SSSR count). The summed E-state index contributed by atoms with van der Waals surface area (Å²) in [4.78, 5) is 21.6. The number of nitrogens with two attached hydrogens (primary N) is 1. The van der Waals surface area contributed by atoms with Crippen LogP contribution in [0.15, 0.2) is 11.3 Å². The van der Waals surface area contributed by atoms with Gasteiger partial charge in [-0.25, -0.2) is 9.98 Å². The number of ether oxygens (including phenoxy) is 2. The second kappa shape index (κ2) is 10.2. The van der Waals surface area contributed by atoms with Crippen molar-refractivity contribution in [2.24, 2.45) is 10.7 Å². The molecule has 33 heavy (non-hydrogen) atoms. The topological polar surface area (TPSA) is 141 Å². The van der Waals surface area contributed by atoms with Gasteiger partial charge in [-0.1, -0.05) is 20.8 Å². The molecule has 188 valence electrons. The van der Waals surface area contributed by atoms with Crippen molar-refractivity contribution in [1.82, 2.24) is 9.55 Å². The lowest BCUT2D eigenvalue weighted by Gasteiger charge is -2.39. The summed E-state index contributed by atoms with van der Waals surface area (Å²) in [5, 5.41) is 19.5. The molecule has 0 saturated carbocycles. The predicted molar refractivity (Wildman–Crippen MR) is 128 cm³/mol. The average Bonchev–Trinajstić information content (AvgIpc) is 3.21. The van der Waals surface area contributed by atoms with Crippen LogP contribution in [0.3, 0.4) is 0 Å². The standard InChI is InChI=1S/C22H40N4O6Si/c1-21(2,3)31-18(29)10-15(32-33(7,8)22(4,5)6)19-20(24-12-23)26(13-25-19)17-9-14(28)16(11-27)30-17/h12-17,27-28H,9-11H2,1-8H3,(H2,23,24)/t14-,15+,16+,17+/m0/s1. The average molecular weight is 485 g/mol. The van der Waals surface area contributed by atoms with Crippen molar-refractivity contribution in [3.63, 3.8) is 0 Å². The van der Waals surface area contributed by atoms with E-state index in [1.54, 1.807) is 4.57 Å². The number of aromatic nitrogens is 2. The number of hydrogen-bond acceptors (Lipinski definition) is 8. The summed E-state index contributed by atoms with van der Waals surface area (Å²) in [6, 6.07) is 0. The van der Waals surface area contributed by atoms with E-state index in [1.165, 1.54) is 6.33 Å². The Hall–Kier alpha value is -1.79. The van der Waals surface area contributed by atoms with E-state index in [4.69, 9.17) is 19.6 Å². The first-order valence-corrected chi connectivity index (χ1v) is 14.2. The van der Waals surface area contributed by atoms with E-state index in [1.807, 2.05) is 20.8 Å². The molecule has 1 aromatic rings. The third kappa shape index (κ3) is 6.86. The molecule has 0 radical (unpaired) electrons. The molecule has 0 aliphatic carbocycles. The van der Waals surface area contributed by atoms with E-state index in [-0.39, 0.29) is 24.5 Å². The highest BCUT2D eigenvalue weighted by molar-refractivity contribution is 6.74. The maximum Gasteiger partial charge on any atom is 0.309 e. The van der Waals surface area contributed by atoms with Crippen LogP contribution >= 0.6 is 0 Å². The van der Waals surface area contributed by atoms with Crippen molar-refractivity contribution in [3.8, 4) is 0 Å². The lowest BCUT2D eigenvalue weighted by Crippen LogP contribution is -2.42. The normalized spacial score (nSPS) is 23.3. The number of carbonyl (C=O) groups excluding carboxylic acids is 1. The van der Waals surface area contributed by atoms with Gasteiger partial charge in [-0.15, -0.1) is 0 Å². The van der Waals surface area contributed by atoms with Gasteiger partial charge in [0.25, 0.3) is 0 Å². The summed E-state index contributed by atoms with van der Waals surface area (Å²) in [6.07, 6.45) is 0.0789. The Morgan fingerprint density at radius 1 is 1.39 bits per heavy atom. The summed E-state index contributed by atoms with van der Waals surface area (Å²) in [6.45, 7) is 15.7. The molecule has 1 aromatic heterocycles. The van der Waals surface area contributed by atoms with Crippen LogP contribution < -0.4 is 5.73 Å². The lowest BCUT2D eigenvalue weighted by atomic mass is 10.1. The molecule has 0 unspecified atom stereocenters. The minimum absolute atomic E-state index is 0.0404. The summed E-state index contributed by atoms with van der Waals surface area (Å²) in [7, 11) is -2.32. The Bertz CT molecular complexity index is 843. The Kier molecular flexibility index (Phi) is 8.50. The predicted octanol–water partition coefficient (Wildman–Crippen LogP) is 2.94. The van der Waals surface area contributed by atoms with E-state index < -0.39 is 44.4 Å². The highest BCUT2D eigenvalue weighted by atomic mass is 28.4. The first-order valence-electron chi connectivity index (χ1n) is 11.2. The van der Waals surface area contributed by atoms with Crippen molar-refractivity contribution in [3.05, 3.63) is 12.0 Å². The molecule has 0 bridgehead atoms.